The summed E-state index contributed by atoms with van der Waals surface area (Å²) >= 11 is 3.93. The van der Waals surface area contributed by atoms with Crippen molar-refractivity contribution in [2.45, 2.75) is 10.5 Å². The van der Waals surface area contributed by atoms with Crippen LogP contribution in [0.5, 0.6) is 11.5 Å². The van der Waals surface area contributed by atoms with Crippen molar-refractivity contribution in [3.8, 4) is 11.5 Å². The molecular weight excluding hydrogens is 288 g/mol. The molecule has 2 heterocycles. The molecule has 0 aromatic heterocycles. The van der Waals surface area contributed by atoms with Gasteiger partial charge in [-0.15, -0.1) is 0 Å². The van der Waals surface area contributed by atoms with Gasteiger partial charge in [0, 0.05) is 27.4 Å². The van der Waals surface area contributed by atoms with Crippen molar-refractivity contribution in [3.63, 3.8) is 0 Å². The molecule has 2 unspecified atom stereocenters. The van der Waals surface area contributed by atoms with E-state index in [1.165, 1.54) is 22.3 Å². The van der Waals surface area contributed by atoms with Crippen LogP contribution in [0.25, 0.3) is 10.8 Å². The quantitative estimate of drug-likeness (QED) is 0.755. The van der Waals surface area contributed by atoms with Crippen LogP contribution >= 0.6 is 23.5 Å². The smallest absolute Gasteiger partial charge is 0.127 e. The van der Waals surface area contributed by atoms with Gasteiger partial charge in [0.15, 0.2) is 0 Å². The van der Waals surface area contributed by atoms with Gasteiger partial charge in [-0.3, -0.25) is 0 Å². The van der Waals surface area contributed by atoms with Gasteiger partial charge in [0.2, 0.25) is 0 Å². The van der Waals surface area contributed by atoms with Gasteiger partial charge in [0.25, 0.3) is 0 Å². The molecule has 0 radical (unpaired) electrons. The highest BCUT2D eigenvalue weighted by molar-refractivity contribution is 8.07. The Morgan fingerprint density at radius 1 is 0.950 bits per heavy atom. The van der Waals surface area contributed by atoms with Gasteiger partial charge in [-0.1, -0.05) is 12.1 Å². The average Bonchev–Trinajstić information content (AvgIpc) is 3.37. The summed E-state index contributed by atoms with van der Waals surface area (Å²) < 4.78 is 11.7. The maximum atomic E-state index is 5.93. The van der Waals surface area contributed by atoms with Crippen molar-refractivity contribution in [1.29, 1.82) is 0 Å². The molecule has 2 aromatic rings. The Balaban J connectivity index is 1.54. The molecule has 0 bridgehead atoms. The highest BCUT2D eigenvalue weighted by atomic mass is 32.2. The van der Waals surface area contributed by atoms with E-state index in [9.17, 15) is 0 Å². The SMILES string of the molecule is c1cc(OCC2CS2)c2ccc(OCC3CS3)cc2c1. The van der Waals surface area contributed by atoms with E-state index in [1.54, 1.807) is 0 Å². The summed E-state index contributed by atoms with van der Waals surface area (Å²) in [6, 6.07) is 12.5. The van der Waals surface area contributed by atoms with Crippen molar-refractivity contribution >= 4 is 34.3 Å². The van der Waals surface area contributed by atoms with Crippen molar-refractivity contribution in [2.75, 3.05) is 24.7 Å². The molecule has 0 saturated carbocycles. The molecule has 2 aliphatic heterocycles. The van der Waals surface area contributed by atoms with Crippen LogP contribution in [0.4, 0.5) is 0 Å². The third kappa shape index (κ3) is 3.01. The van der Waals surface area contributed by atoms with E-state index in [4.69, 9.17) is 9.47 Å². The summed E-state index contributed by atoms with van der Waals surface area (Å²) in [6.07, 6.45) is 0. The molecule has 2 fully saturated rings. The highest BCUT2D eigenvalue weighted by Crippen LogP contribution is 2.34. The van der Waals surface area contributed by atoms with Crippen LogP contribution in [0, 0.1) is 0 Å². The van der Waals surface area contributed by atoms with Gasteiger partial charge < -0.3 is 9.47 Å². The lowest BCUT2D eigenvalue weighted by Gasteiger charge is -2.10. The predicted molar refractivity (Wildman–Crippen MR) is 87.4 cm³/mol. The molecule has 104 valence electrons. The molecule has 0 N–H and O–H groups in total. The number of benzene rings is 2. The average molecular weight is 304 g/mol. The molecule has 0 spiro atoms. The number of rotatable bonds is 6. The zero-order chi connectivity index (χ0) is 13.4. The molecule has 2 aromatic carbocycles. The number of ether oxygens (including phenoxy) is 2. The molecule has 2 aliphatic rings. The van der Waals surface area contributed by atoms with Gasteiger partial charge >= 0.3 is 0 Å². The maximum Gasteiger partial charge on any atom is 0.127 e. The van der Waals surface area contributed by atoms with Gasteiger partial charge in [-0.05, 0) is 29.7 Å². The van der Waals surface area contributed by atoms with E-state index >= 15 is 0 Å². The van der Waals surface area contributed by atoms with E-state index in [0.717, 1.165) is 24.7 Å². The van der Waals surface area contributed by atoms with E-state index in [1.807, 2.05) is 29.6 Å². The Kier molecular flexibility index (Phi) is 3.44. The van der Waals surface area contributed by atoms with Gasteiger partial charge in [-0.25, -0.2) is 0 Å². The van der Waals surface area contributed by atoms with E-state index in [2.05, 4.69) is 30.3 Å². The first-order valence-corrected chi connectivity index (χ1v) is 9.00. The first-order chi connectivity index (χ1) is 9.88. The summed E-state index contributed by atoms with van der Waals surface area (Å²) in [5.74, 6) is 4.42. The maximum absolute atomic E-state index is 5.93. The van der Waals surface area contributed by atoms with Crippen LogP contribution in [0.3, 0.4) is 0 Å². The summed E-state index contributed by atoms with van der Waals surface area (Å²) in [4.78, 5) is 0. The molecule has 20 heavy (non-hydrogen) atoms. The minimum atomic E-state index is 0.698. The molecule has 2 nitrogen and oxygen atoms in total. The molecule has 2 atom stereocenters. The van der Waals surface area contributed by atoms with Crippen LogP contribution in [-0.4, -0.2) is 35.2 Å². The second-order valence-electron chi connectivity index (χ2n) is 5.17. The molecule has 2 saturated heterocycles. The second-order valence-corrected chi connectivity index (χ2v) is 7.84. The molecule has 0 amide bonds. The Bertz CT molecular complexity index is 621. The van der Waals surface area contributed by atoms with Crippen LogP contribution in [0.15, 0.2) is 36.4 Å². The fourth-order valence-electron chi connectivity index (χ4n) is 2.15. The number of fused-ring (bicyclic) bond motifs is 1. The van der Waals surface area contributed by atoms with Crippen LogP contribution < -0.4 is 9.47 Å². The highest BCUT2D eigenvalue weighted by Gasteiger charge is 2.24. The van der Waals surface area contributed by atoms with Gasteiger partial charge in [0.05, 0.1) is 0 Å². The fourth-order valence-corrected chi connectivity index (χ4v) is 2.94. The van der Waals surface area contributed by atoms with E-state index in [0.29, 0.717) is 10.5 Å². The lowest BCUT2D eigenvalue weighted by Crippen LogP contribution is -2.04. The molecule has 4 heteroatoms. The second kappa shape index (κ2) is 5.41. The zero-order valence-electron chi connectivity index (χ0n) is 11.1. The van der Waals surface area contributed by atoms with E-state index in [-0.39, 0.29) is 0 Å². The Morgan fingerprint density at radius 3 is 2.45 bits per heavy atom. The predicted octanol–water partition coefficient (Wildman–Crippen LogP) is 3.83. The largest absolute Gasteiger partial charge is 0.492 e. The number of hydrogen-bond donors (Lipinski definition) is 0. The summed E-state index contributed by atoms with van der Waals surface area (Å²) in [6.45, 7) is 1.65. The number of hydrogen-bond acceptors (Lipinski definition) is 4. The van der Waals surface area contributed by atoms with E-state index < -0.39 is 0 Å². The molecule has 0 aliphatic carbocycles. The van der Waals surface area contributed by atoms with Crippen LogP contribution in [0.1, 0.15) is 0 Å². The number of thioether (sulfide) groups is 2. The Labute approximate surface area is 127 Å². The monoisotopic (exact) mass is 304 g/mol. The lowest BCUT2D eigenvalue weighted by atomic mass is 10.1. The summed E-state index contributed by atoms with van der Waals surface area (Å²) in [5, 5.41) is 3.76. The third-order valence-corrected chi connectivity index (χ3v) is 5.36. The van der Waals surface area contributed by atoms with Crippen molar-refractivity contribution in [2.24, 2.45) is 0 Å². The first-order valence-electron chi connectivity index (χ1n) is 6.90. The topological polar surface area (TPSA) is 18.5 Å². The molecule has 4 rings (SSSR count). The standard InChI is InChI=1S/C16H16O2S2/c1-2-11-6-12(17-7-13-9-19-13)4-5-15(11)16(3-1)18-8-14-10-20-14/h1-6,13-14H,7-10H2. The fraction of sp³-hybridized carbons (Fsp3) is 0.375. The van der Waals surface area contributed by atoms with Gasteiger partial charge in [0.1, 0.15) is 24.7 Å². The minimum Gasteiger partial charge on any atom is -0.492 e. The Hall–Kier alpha value is -1.00. The van der Waals surface area contributed by atoms with Crippen molar-refractivity contribution in [3.05, 3.63) is 36.4 Å². The van der Waals surface area contributed by atoms with Gasteiger partial charge in [-0.2, -0.15) is 23.5 Å². The first kappa shape index (κ1) is 12.7. The lowest BCUT2D eigenvalue weighted by molar-refractivity contribution is 0.329. The Morgan fingerprint density at radius 2 is 1.70 bits per heavy atom. The zero-order valence-corrected chi connectivity index (χ0v) is 12.7. The van der Waals surface area contributed by atoms with Crippen molar-refractivity contribution < 1.29 is 9.47 Å². The molecular formula is C16H16O2S2. The summed E-state index contributed by atoms with van der Waals surface area (Å²) in [7, 11) is 0. The summed E-state index contributed by atoms with van der Waals surface area (Å²) in [5.41, 5.74) is 0. The third-order valence-electron chi connectivity index (χ3n) is 3.48. The van der Waals surface area contributed by atoms with Crippen LogP contribution in [-0.2, 0) is 0 Å². The van der Waals surface area contributed by atoms with Crippen LogP contribution in [0.2, 0.25) is 0 Å². The minimum absolute atomic E-state index is 0.698. The van der Waals surface area contributed by atoms with Crippen molar-refractivity contribution in [1.82, 2.24) is 0 Å². The normalized spacial score (nSPS) is 23.6.